The van der Waals surface area contributed by atoms with E-state index in [-0.39, 0.29) is 16.8 Å². The Labute approximate surface area is 154 Å². The standard InChI is InChI=1S/C19H23N3O3S/c23-19(21-14-15-10-12-20-13-11-15)16-6-8-18(9-7-16)26(24,25)22-17-4-2-1-3-5-17/h6-13,17,22H,1-5,14H2,(H,21,23). The van der Waals surface area contributed by atoms with Crippen molar-refractivity contribution in [3.63, 3.8) is 0 Å². The molecule has 0 unspecified atom stereocenters. The summed E-state index contributed by atoms with van der Waals surface area (Å²) in [6, 6.07) is 9.70. The van der Waals surface area contributed by atoms with Crippen LogP contribution in [0.25, 0.3) is 0 Å². The Morgan fingerprint density at radius 1 is 1.00 bits per heavy atom. The molecule has 26 heavy (non-hydrogen) atoms. The molecule has 3 rings (SSSR count). The fraction of sp³-hybridized carbons (Fsp3) is 0.368. The van der Waals surface area contributed by atoms with E-state index in [1.54, 1.807) is 12.4 Å². The molecule has 0 saturated heterocycles. The molecule has 0 radical (unpaired) electrons. The van der Waals surface area contributed by atoms with Crippen LogP contribution in [0.3, 0.4) is 0 Å². The highest BCUT2D eigenvalue weighted by atomic mass is 32.2. The van der Waals surface area contributed by atoms with Crippen LogP contribution >= 0.6 is 0 Å². The molecule has 2 aromatic rings. The Morgan fingerprint density at radius 3 is 2.31 bits per heavy atom. The van der Waals surface area contributed by atoms with E-state index in [2.05, 4.69) is 15.0 Å². The Morgan fingerprint density at radius 2 is 1.65 bits per heavy atom. The molecule has 0 bridgehead atoms. The van der Waals surface area contributed by atoms with Crippen molar-refractivity contribution in [1.29, 1.82) is 0 Å². The van der Waals surface area contributed by atoms with Crippen LogP contribution in [0.4, 0.5) is 0 Å². The van der Waals surface area contributed by atoms with Gasteiger partial charge in [-0.3, -0.25) is 9.78 Å². The smallest absolute Gasteiger partial charge is 0.251 e. The van der Waals surface area contributed by atoms with Crippen molar-refractivity contribution in [3.8, 4) is 0 Å². The van der Waals surface area contributed by atoms with Crippen molar-refractivity contribution >= 4 is 15.9 Å². The van der Waals surface area contributed by atoms with Gasteiger partial charge < -0.3 is 5.32 Å². The highest BCUT2D eigenvalue weighted by molar-refractivity contribution is 7.89. The molecule has 1 aromatic carbocycles. The summed E-state index contributed by atoms with van der Waals surface area (Å²) in [6.45, 7) is 0.393. The van der Waals surface area contributed by atoms with Crippen molar-refractivity contribution in [2.75, 3.05) is 0 Å². The van der Waals surface area contributed by atoms with Crippen LogP contribution in [0.15, 0.2) is 53.7 Å². The lowest BCUT2D eigenvalue weighted by Crippen LogP contribution is -2.36. The van der Waals surface area contributed by atoms with E-state index in [9.17, 15) is 13.2 Å². The first kappa shape index (κ1) is 18.5. The van der Waals surface area contributed by atoms with E-state index >= 15 is 0 Å². The number of carbonyl (C=O) groups is 1. The van der Waals surface area contributed by atoms with Gasteiger partial charge in [-0.1, -0.05) is 19.3 Å². The summed E-state index contributed by atoms with van der Waals surface area (Å²) < 4.78 is 27.7. The number of pyridine rings is 1. The number of hydrogen-bond donors (Lipinski definition) is 2. The number of nitrogens with zero attached hydrogens (tertiary/aromatic N) is 1. The van der Waals surface area contributed by atoms with Gasteiger partial charge in [0.15, 0.2) is 0 Å². The van der Waals surface area contributed by atoms with Crippen LogP contribution in [-0.2, 0) is 16.6 Å². The third kappa shape index (κ3) is 4.89. The monoisotopic (exact) mass is 373 g/mol. The Balaban J connectivity index is 1.60. The molecule has 1 amide bonds. The van der Waals surface area contributed by atoms with E-state index < -0.39 is 10.0 Å². The topological polar surface area (TPSA) is 88.2 Å². The molecule has 1 aliphatic rings. The highest BCUT2D eigenvalue weighted by Crippen LogP contribution is 2.20. The second kappa shape index (κ2) is 8.42. The number of benzene rings is 1. The Hall–Kier alpha value is -2.25. The second-order valence-corrected chi connectivity index (χ2v) is 8.23. The minimum absolute atomic E-state index is 0.0112. The van der Waals surface area contributed by atoms with Crippen LogP contribution in [0.1, 0.15) is 48.0 Å². The van der Waals surface area contributed by atoms with Gasteiger partial charge in [-0.2, -0.15) is 0 Å². The van der Waals surface area contributed by atoms with Crippen LogP contribution in [-0.4, -0.2) is 25.4 Å². The molecule has 2 N–H and O–H groups in total. The van der Waals surface area contributed by atoms with Gasteiger partial charge in [-0.25, -0.2) is 13.1 Å². The number of aromatic nitrogens is 1. The van der Waals surface area contributed by atoms with Gasteiger partial charge in [-0.05, 0) is 54.8 Å². The van der Waals surface area contributed by atoms with E-state index in [0.717, 1.165) is 31.2 Å². The van der Waals surface area contributed by atoms with Gasteiger partial charge in [0.1, 0.15) is 0 Å². The van der Waals surface area contributed by atoms with Gasteiger partial charge in [-0.15, -0.1) is 0 Å². The molecule has 0 atom stereocenters. The van der Waals surface area contributed by atoms with Gasteiger partial charge in [0, 0.05) is 30.5 Å². The Kier molecular flexibility index (Phi) is 6.00. The lowest BCUT2D eigenvalue weighted by molar-refractivity contribution is 0.0951. The fourth-order valence-electron chi connectivity index (χ4n) is 3.08. The normalized spacial score (nSPS) is 15.5. The second-order valence-electron chi connectivity index (χ2n) is 6.52. The molecule has 0 aliphatic heterocycles. The molecule has 138 valence electrons. The number of nitrogens with one attached hydrogen (secondary N) is 2. The third-order valence-electron chi connectivity index (χ3n) is 4.56. The molecule has 6 nitrogen and oxygen atoms in total. The molecule has 1 aromatic heterocycles. The zero-order chi connectivity index (χ0) is 18.4. The quantitative estimate of drug-likeness (QED) is 0.815. The molecule has 1 heterocycles. The predicted octanol–water partition coefficient (Wildman–Crippen LogP) is 2.62. The number of sulfonamides is 1. The van der Waals surface area contributed by atoms with Crippen molar-refractivity contribution in [2.24, 2.45) is 0 Å². The van der Waals surface area contributed by atoms with Crippen LogP contribution in [0, 0.1) is 0 Å². The Bertz CT molecular complexity index is 830. The highest BCUT2D eigenvalue weighted by Gasteiger charge is 2.22. The first-order chi connectivity index (χ1) is 12.5. The van der Waals surface area contributed by atoms with Crippen LogP contribution in [0.2, 0.25) is 0 Å². The van der Waals surface area contributed by atoms with Crippen molar-refractivity contribution in [3.05, 3.63) is 59.9 Å². The zero-order valence-electron chi connectivity index (χ0n) is 14.5. The molecule has 1 saturated carbocycles. The average molecular weight is 373 g/mol. The van der Waals surface area contributed by atoms with Gasteiger partial charge in [0.25, 0.3) is 5.91 Å². The summed E-state index contributed by atoms with van der Waals surface area (Å²) >= 11 is 0. The molecule has 1 fully saturated rings. The van der Waals surface area contributed by atoms with Crippen molar-refractivity contribution < 1.29 is 13.2 Å². The van der Waals surface area contributed by atoms with Crippen LogP contribution < -0.4 is 10.0 Å². The number of carbonyl (C=O) groups excluding carboxylic acids is 1. The summed E-state index contributed by atoms with van der Waals surface area (Å²) in [5, 5.41) is 2.81. The first-order valence-corrected chi connectivity index (χ1v) is 10.3. The molecular weight excluding hydrogens is 350 g/mol. The number of hydrogen-bond acceptors (Lipinski definition) is 4. The molecular formula is C19H23N3O3S. The molecule has 0 spiro atoms. The number of rotatable bonds is 6. The number of amides is 1. The SMILES string of the molecule is O=C(NCc1ccncc1)c1ccc(S(=O)(=O)NC2CCCCC2)cc1. The van der Waals surface area contributed by atoms with E-state index in [1.807, 2.05) is 12.1 Å². The average Bonchev–Trinajstić information content (AvgIpc) is 2.67. The summed E-state index contributed by atoms with van der Waals surface area (Å²) in [4.78, 5) is 16.3. The van der Waals surface area contributed by atoms with Crippen LogP contribution in [0.5, 0.6) is 0 Å². The summed E-state index contributed by atoms with van der Waals surface area (Å²) in [7, 11) is -3.55. The maximum Gasteiger partial charge on any atom is 0.251 e. The van der Waals surface area contributed by atoms with E-state index in [0.29, 0.717) is 12.1 Å². The lowest BCUT2D eigenvalue weighted by Gasteiger charge is -2.22. The molecule has 1 aliphatic carbocycles. The minimum atomic E-state index is -3.55. The van der Waals surface area contributed by atoms with E-state index in [4.69, 9.17) is 0 Å². The largest absolute Gasteiger partial charge is 0.348 e. The van der Waals surface area contributed by atoms with E-state index in [1.165, 1.54) is 30.7 Å². The maximum absolute atomic E-state index is 12.5. The summed E-state index contributed by atoms with van der Waals surface area (Å²) in [5.41, 5.74) is 1.37. The fourth-order valence-corrected chi connectivity index (χ4v) is 4.38. The maximum atomic E-state index is 12.5. The molecule has 7 heteroatoms. The first-order valence-electron chi connectivity index (χ1n) is 8.84. The zero-order valence-corrected chi connectivity index (χ0v) is 15.3. The van der Waals surface area contributed by atoms with Crippen molar-refractivity contribution in [1.82, 2.24) is 15.0 Å². The lowest BCUT2D eigenvalue weighted by atomic mass is 9.96. The summed E-state index contributed by atoms with van der Waals surface area (Å²) in [6.07, 6.45) is 8.39. The van der Waals surface area contributed by atoms with Gasteiger partial charge in [0.05, 0.1) is 4.90 Å². The predicted molar refractivity (Wildman–Crippen MR) is 99.0 cm³/mol. The summed E-state index contributed by atoms with van der Waals surface area (Å²) in [5.74, 6) is -0.244. The third-order valence-corrected chi connectivity index (χ3v) is 6.09. The van der Waals surface area contributed by atoms with Gasteiger partial charge in [0.2, 0.25) is 10.0 Å². The van der Waals surface area contributed by atoms with Gasteiger partial charge >= 0.3 is 0 Å². The minimum Gasteiger partial charge on any atom is -0.348 e. The van der Waals surface area contributed by atoms with Crippen molar-refractivity contribution in [2.45, 2.75) is 49.6 Å².